The molecule has 1 aromatic rings. The van der Waals surface area contributed by atoms with Gasteiger partial charge in [-0.2, -0.15) is 4.98 Å². The Balaban J connectivity index is 2.49. The quantitative estimate of drug-likeness (QED) is 0.634. The molecule has 1 aromatic heterocycles. The van der Waals surface area contributed by atoms with Gasteiger partial charge in [-0.3, -0.25) is 4.79 Å². The van der Waals surface area contributed by atoms with Gasteiger partial charge in [-0.25, -0.2) is 0 Å². The number of rotatable bonds is 9. The summed E-state index contributed by atoms with van der Waals surface area (Å²) in [4.78, 5) is 15.8. The van der Waals surface area contributed by atoms with E-state index in [4.69, 9.17) is 14.0 Å². The van der Waals surface area contributed by atoms with Gasteiger partial charge in [0.05, 0.1) is 25.7 Å². The molecule has 0 aliphatic heterocycles. The lowest BCUT2D eigenvalue weighted by Crippen LogP contribution is -2.15. The highest BCUT2D eigenvalue weighted by atomic mass is 16.5. The van der Waals surface area contributed by atoms with Gasteiger partial charge in [0.25, 0.3) is 0 Å². The molecule has 0 N–H and O–H groups in total. The van der Waals surface area contributed by atoms with E-state index >= 15 is 0 Å². The van der Waals surface area contributed by atoms with E-state index in [0.29, 0.717) is 38.0 Å². The van der Waals surface area contributed by atoms with E-state index in [0.717, 1.165) is 0 Å². The van der Waals surface area contributed by atoms with Gasteiger partial charge < -0.3 is 14.0 Å². The largest absolute Gasteiger partial charge is 0.382 e. The average molecular weight is 270 g/mol. The summed E-state index contributed by atoms with van der Waals surface area (Å²) >= 11 is 0. The summed E-state index contributed by atoms with van der Waals surface area (Å²) in [5.41, 5.74) is 0. The van der Waals surface area contributed by atoms with Crippen LogP contribution in [0.3, 0.4) is 0 Å². The van der Waals surface area contributed by atoms with Crippen molar-refractivity contribution in [2.24, 2.45) is 5.92 Å². The van der Waals surface area contributed by atoms with Crippen molar-refractivity contribution < 1.29 is 18.8 Å². The van der Waals surface area contributed by atoms with Crippen LogP contribution in [0.4, 0.5) is 0 Å². The Labute approximate surface area is 113 Å². The number of nitrogens with zero attached hydrogens (tertiary/aromatic N) is 2. The molecule has 108 valence electrons. The Hall–Kier alpha value is -1.27. The van der Waals surface area contributed by atoms with Crippen molar-refractivity contribution in [2.45, 2.75) is 33.1 Å². The van der Waals surface area contributed by atoms with Crippen molar-refractivity contribution in [1.29, 1.82) is 0 Å². The van der Waals surface area contributed by atoms with E-state index in [-0.39, 0.29) is 17.6 Å². The lowest BCUT2D eigenvalue weighted by atomic mass is 9.92. The smallest absolute Gasteiger partial charge is 0.237 e. The minimum Gasteiger partial charge on any atom is -0.382 e. The zero-order valence-electron chi connectivity index (χ0n) is 12.0. The Morgan fingerprint density at radius 2 is 2.05 bits per heavy atom. The molecule has 19 heavy (non-hydrogen) atoms. The number of hydrogen-bond donors (Lipinski definition) is 0. The van der Waals surface area contributed by atoms with Crippen LogP contribution in [0.2, 0.25) is 0 Å². The van der Waals surface area contributed by atoms with Crippen molar-refractivity contribution in [2.75, 3.05) is 26.9 Å². The molecule has 6 heteroatoms. The predicted octanol–water partition coefficient (Wildman–Crippen LogP) is 1.60. The molecule has 0 bridgehead atoms. The number of ether oxygens (including phenoxy) is 2. The standard InChI is InChI=1S/C13H22N2O4/c1-9(2)12(10(3)16)13-14-11(15-19-13)5-6-18-8-7-17-4/h9,12H,5-8H2,1-4H3. The Kier molecular flexibility index (Phi) is 6.66. The topological polar surface area (TPSA) is 74.5 Å². The molecule has 6 nitrogen and oxygen atoms in total. The molecule has 0 amide bonds. The third kappa shape index (κ3) is 5.08. The molecule has 1 unspecified atom stereocenters. The van der Waals surface area contributed by atoms with E-state index in [1.165, 1.54) is 0 Å². The molecule has 0 aromatic carbocycles. The average Bonchev–Trinajstić information content (AvgIpc) is 2.76. The van der Waals surface area contributed by atoms with Crippen molar-refractivity contribution in [3.05, 3.63) is 11.7 Å². The summed E-state index contributed by atoms with van der Waals surface area (Å²) in [5.74, 6) is 0.828. The van der Waals surface area contributed by atoms with E-state index < -0.39 is 0 Å². The number of carbonyl (C=O) groups excluding carboxylic acids is 1. The van der Waals surface area contributed by atoms with E-state index in [2.05, 4.69) is 10.1 Å². The van der Waals surface area contributed by atoms with Crippen LogP contribution in [0, 0.1) is 5.92 Å². The van der Waals surface area contributed by atoms with Crippen LogP contribution in [-0.2, 0) is 20.7 Å². The van der Waals surface area contributed by atoms with Gasteiger partial charge in [0.15, 0.2) is 5.82 Å². The second-order valence-corrected chi connectivity index (χ2v) is 4.74. The van der Waals surface area contributed by atoms with E-state index in [9.17, 15) is 4.79 Å². The number of Topliss-reactive ketones (excluding diaryl/α,β-unsaturated/α-hetero) is 1. The van der Waals surface area contributed by atoms with Gasteiger partial charge in [-0.15, -0.1) is 0 Å². The van der Waals surface area contributed by atoms with Crippen LogP contribution in [0.15, 0.2) is 4.52 Å². The highest BCUT2D eigenvalue weighted by Gasteiger charge is 2.26. The first-order valence-corrected chi connectivity index (χ1v) is 6.45. The SMILES string of the molecule is COCCOCCc1noc(C(C(C)=O)C(C)C)n1. The Morgan fingerprint density at radius 1 is 1.32 bits per heavy atom. The summed E-state index contributed by atoms with van der Waals surface area (Å²) in [5, 5.41) is 3.87. The number of carbonyl (C=O) groups is 1. The maximum atomic E-state index is 11.6. The first kappa shape index (κ1) is 15.8. The number of ketones is 1. The molecule has 0 radical (unpaired) electrons. The van der Waals surface area contributed by atoms with Crippen LogP contribution < -0.4 is 0 Å². The fourth-order valence-corrected chi connectivity index (χ4v) is 1.83. The highest BCUT2D eigenvalue weighted by Crippen LogP contribution is 2.23. The van der Waals surface area contributed by atoms with Crippen LogP contribution in [0.1, 0.15) is 38.4 Å². The van der Waals surface area contributed by atoms with Crippen LogP contribution in [-0.4, -0.2) is 42.9 Å². The van der Waals surface area contributed by atoms with Crippen molar-refractivity contribution in [3.63, 3.8) is 0 Å². The zero-order valence-corrected chi connectivity index (χ0v) is 12.0. The molecule has 0 fully saturated rings. The molecule has 0 saturated carbocycles. The summed E-state index contributed by atoms with van der Waals surface area (Å²) < 4.78 is 15.4. The summed E-state index contributed by atoms with van der Waals surface area (Å²) in [7, 11) is 1.63. The molecule has 1 rings (SSSR count). The van der Waals surface area contributed by atoms with Gasteiger partial charge >= 0.3 is 0 Å². The van der Waals surface area contributed by atoms with Gasteiger partial charge in [-0.1, -0.05) is 19.0 Å². The zero-order chi connectivity index (χ0) is 14.3. The monoisotopic (exact) mass is 270 g/mol. The summed E-state index contributed by atoms with van der Waals surface area (Å²) in [6, 6.07) is 0. The van der Waals surface area contributed by atoms with Gasteiger partial charge in [0.1, 0.15) is 5.78 Å². The fourth-order valence-electron chi connectivity index (χ4n) is 1.83. The number of hydrogen-bond acceptors (Lipinski definition) is 6. The molecule has 0 aliphatic carbocycles. The molecular weight excluding hydrogens is 248 g/mol. The second kappa shape index (κ2) is 8.01. The van der Waals surface area contributed by atoms with Crippen molar-refractivity contribution in [3.8, 4) is 0 Å². The Bertz CT molecular complexity index is 390. The highest BCUT2D eigenvalue weighted by molar-refractivity contribution is 5.82. The third-order valence-electron chi connectivity index (χ3n) is 2.76. The first-order chi connectivity index (χ1) is 9.06. The molecule has 0 aliphatic rings. The normalized spacial score (nSPS) is 12.9. The molecule has 1 heterocycles. The summed E-state index contributed by atoms with van der Waals surface area (Å²) in [6.45, 7) is 7.09. The lowest BCUT2D eigenvalue weighted by Gasteiger charge is -2.12. The van der Waals surface area contributed by atoms with Crippen LogP contribution >= 0.6 is 0 Å². The lowest BCUT2D eigenvalue weighted by molar-refractivity contribution is -0.119. The van der Waals surface area contributed by atoms with E-state index in [1.54, 1.807) is 14.0 Å². The fraction of sp³-hybridized carbons (Fsp3) is 0.769. The first-order valence-electron chi connectivity index (χ1n) is 6.45. The molecular formula is C13H22N2O4. The number of methoxy groups -OCH3 is 1. The molecule has 0 saturated heterocycles. The maximum absolute atomic E-state index is 11.6. The maximum Gasteiger partial charge on any atom is 0.237 e. The van der Waals surface area contributed by atoms with Crippen LogP contribution in [0.25, 0.3) is 0 Å². The number of aromatic nitrogens is 2. The molecule has 0 spiro atoms. The Morgan fingerprint density at radius 3 is 2.63 bits per heavy atom. The van der Waals surface area contributed by atoms with Crippen molar-refractivity contribution in [1.82, 2.24) is 10.1 Å². The van der Waals surface area contributed by atoms with Gasteiger partial charge in [0.2, 0.25) is 5.89 Å². The van der Waals surface area contributed by atoms with Crippen LogP contribution in [0.5, 0.6) is 0 Å². The van der Waals surface area contributed by atoms with E-state index in [1.807, 2.05) is 13.8 Å². The van der Waals surface area contributed by atoms with Gasteiger partial charge in [0, 0.05) is 13.5 Å². The minimum atomic E-state index is -0.323. The van der Waals surface area contributed by atoms with Crippen molar-refractivity contribution >= 4 is 5.78 Å². The predicted molar refractivity (Wildman–Crippen MR) is 69.0 cm³/mol. The van der Waals surface area contributed by atoms with Gasteiger partial charge in [-0.05, 0) is 12.8 Å². The second-order valence-electron chi connectivity index (χ2n) is 4.74. The molecule has 1 atom stereocenters. The summed E-state index contributed by atoms with van der Waals surface area (Å²) in [6.07, 6.45) is 0.565. The third-order valence-corrected chi connectivity index (χ3v) is 2.76. The minimum absolute atomic E-state index is 0.0431.